The van der Waals surface area contributed by atoms with E-state index in [1.54, 1.807) is 0 Å². The molecule has 1 amide bonds. The molecule has 0 saturated heterocycles. The van der Waals surface area contributed by atoms with Crippen LogP contribution in [-0.2, 0) is 11.2 Å². The maximum atomic E-state index is 11.9. The molecule has 1 aromatic carbocycles. The minimum atomic E-state index is -0.423. The zero-order valence-electron chi connectivity index (χ0n) is 13.0. The number of carbonyl (C=O) groups is 1. The molecule has 1 aliphatic rings. The summed E-state index contributed by atoms with van der Waals surface area (Å²) in [5.74, 6) is 0.108. The number of benzene rings is 1. The maximum Gasteiger partial charge on any atom is 0.237 e. The second-order valence-corrected chi connectivity index (χ2v) is 5.94. The van der Waals surface area contributed by atoms with Crippen molar-refractivity contribution >= 4 is 24.0 Å². The summed E-state index contributed by atoms with van der Waals surface area (Å²) < 4.78 is 0. The van der Waals surface area contributed by atoms with Crippen molar-refractivity contribution in [1.82, 2.24) is 5.32 Å². The molecule has 2 rings (SSSR count). The number of fused-ring (bicyclic) bond motifs is 1. The number of hydrogen-bond acceptors (Lipinski definition) is 3. The van der Waals surface area contributed by atoms with Crippen LogP contribution in [0.15, 0.2) is 24.3 Å². The average Bonchev–Trinajstić information content (AvgIpc) is 2.87. The van der Waals surface area contributed by atoms with Crippen LogP contribution in [0.1, 0.15) is 26.3 Å². The molecule has 0 radical (unpaired) electrons. The Kier molecular flexibility index (Phi) is 6.49. The van der Waals surface area contributed by atoms with Crippen LogP contribution in [0.4, 0.5) is 5.69 Å². The Morgan fingerprint density at radius 3 is 2.67 bits per heavy atom. The van der Waals surface area contributed by atoms with E-state index >= 15 is 0 Å². The molecule has 5 heteroatoms. The first-order valence-corrected chi connectivity index (χ1v) is 7.38. The minimum Gasteiger partial charge on any atom is -0.366 e. The number of rotatable bonds is 5. The third-order valence-corrected chi connectivity index (χ3v) is 4.05. The molecule has 1 aromatic rings. The van der Waals surface area contributed by atoms with Gasteiger partial charge in [0.2, 0.25) is 5.91 Å². The number of para-hydroxylation sites is 1. The van der Waals surface area contributed by atoms with Gasteiger partial charge in [-0.1, -0.05) is 32.0 Å². The van der Waals surface area contributed by atoms with Gasteiger partial charge in [-0.3, -0.25) is 4.79 Å². The number of nitrogens with one attached hydrogen (secondary N) is 1. The predicted octanol–water partition coefficient (Wildman–Crippen LogP) is 1.96. The summed E-state index contributed by atoms with van der Waals surface area (Å²) >= 11 is 0. The van der Waals surface area contributed by atoms with Gasteiger partial charge in [0.25, 0.3) is 0 Å². The molecule has 3 N–H and O–H groups in total. The predicted molar refractivity (Wildman–Crippen MR) is 90.0 cm³/mol. The molecular weight excluding hydrogens is 286 g/mol. The summed E-state index contributed by atoms with van der Waals surface area (Å²) in [6.45, 7) is 7.72. The van der Waals surface area contributed by atoms with E-state index in [1.165, 1.54) is 11.3 Å². The molecule has 0 spiro atoms. The number of amides is 1. The van der Waals surface area contributed by atoms with Crippen LogP contribution in [0, 0.1) is 5.92 Å². The van der Waals surface area contributed by atoms with Gasteiger partial charge in [-0.2, -0.15) is 0 Å². The largest absolute Gasteiger partial charge is 0.366 e. The van der Waals surface area contributed by atoms with Crippen LogP contribution in [0.25, 0.3) is 0 Å². The van der Waals surface area contributed by atoms with Gasteiger partial charge in [0.05, 0.1) is 6.04 Å². The number of carbonyl (C=O) groups excluding carboxylic acids is 1. The molecule has 0 bridgehead atoms. The summed E-state index contributed by atoms with van der Waals surface area (Å²) in [6, 6.07) is 8.33. The van der Waals surface area contributed by atoms with E-state index in [0.717, 1.165) is 13.0 Å². The minimum absolute atomic E-state index is 0. The van der Waals surface area contributed by atoms with Crippen molar-refractivity contribution in [3.8, 4) is 0 Å². The van der Waals surface area contributed by atoms with E-state index in [2.05, 4.69) is 41.4 Å². The Balaban J connectivity index is 0.00000220. The highest BCUT2D eigenvalue weighted by molar-refractivity contribution is 5.85. The van der Waals surface area contributed by atoms with Crippen molar-refractivity contribution in [3.63, 3.8) is 0 Å². The van der Waals surface area contributed by atoms with Gasteiger partial charge in [0, 0.05) is 24.8 Å². The molecule has 4 nitrogen and oxygen atoms in total. The fourth-order valence-corrected chi connectivity index (χ4v) is 2.60. The maximum absolute atomic E-state index is 11.9. The molecule has 0 aromatic heterocycles. The first kappa shape index (κ1) is 17.8. The highest BCUT2D eigenvalue weighted by atomic mass is 35.5. The van der Waals surface area contributed by atoms with Gasteiger partial charge >= 0.3 is 0 Å². The second-order valence-electron chi connectivity index (χ2n) is 5.94. The molecule has 0 aliphatic carbocycles. The standard InChI is InChI=1S/C16H25N3O.ClH/c1-11(2)15(17)16(20)18-10-12(3)19-9-8-13-6-4-5-7-14(13)19;/h4-7,11-12,15H,8-10,17H2,1-3H3,(H,18,20);1H/t12?,15-;/m0./s1. The van der Waals surface area contributed by atoms with Crippen molar-refractivity contribution in [2.45, 2.75) is 39.3 Å². The number of halogens is 1. The summed E-state index contributed by atoms with van der Waals surface area (Å²) in [7, 11) is 0. The molecule has 21 heavy (non-hydrogen) atoms. The summed E-state index contributed by atoms with van der Waals surface area (Å²) in [4.78, 5) is 14.3. The molecule has 118 valence electrons. The van der Waals surface area contributed by atoms with Crippen molar-refractivity contribution in [1.29, 1.82) is 0 Å². The lowest BCUT2D eigenvalue weighted by molar-refractivity contribution is -0.123. The number of nitrogens with zero attached hydrogens (tertiary/aromatic N) is 1. The van der Waals surface area contributed by atoms with Crippen LogP contribution in [-0.4, -0.2) is 31.1 Å². The Hall–Kier alpha value is -1.26. The van der Waals surface area contributed by atoms with E-state index in [-0.39, 0.29) is 30.3 Å². The van der Waals surface area contributed by atoms with Crippen LogP contribution in [0.3, 0.4) is 0 Å². The third-order valence-electron chi connectivity index (χ3n) is 4.05. The molecule has 2 atom stereocenters. The van der Waals surface area contributed by atoms with Crippen molar-refractivity contribution in [3.05, 3.63) is 29.8 Å². The van der Waals surface area contributed by atoms with E-state index in [0.29, 0.717) is 6.54 Å². The summed E-state index contributed by atoms with van der Waals surface area (Å²) in [5, 5.41) is 2.97. The Labute approximate surface area is 133 Å². The number of hydrogen-bond donors (Lipinski definition) is 2. The highest BCUT2D eigenvalue weighted by Gasteiger charge is 2.24. The Morgan fingerprint density at radius 1 is 1.33 bits per heavy atom. The lowest BCUT2D eigenvalue weighted by Crippen LogP contribution is -2.48. The quantitative estimate of drug-likeness (QED) is 0.874. The second kappa shape index (κ2) is 7.66. The number of anilines is 1. The smallest absolute Gasteiger partial charge is 0.237 e. The molecule has 0 saturated carbocycles. The van der Waals surface area contributed by atoms with Gasteiger partial charge in [-0.05, 0) is 30.9 Å². The molecule has 0 fully saturated rings. The number of nitrogens with two attached hydrogens (primary N) is 1. The molecule has 1 heterocycles. The molecule has 1 aliphatic heterocycles. The van der Waals surface area contributed by atoms with Gasteiger partial charge in [-0.25, -0.2) is 0 Å². The fraction of sp³-hybridized carbons (Fsp3) is 0.562. The van der Waals surface area contributed by atoms with Gasteiger partial charge in [0.1, 0.15) is 0 Å². The summed E-state index contributed by atoms with van der Waals surface area (Å²) in [6.07, 6.45) is 1.08. The lowest BCUT2D eigenvalue weighted by atomic mass is 10.0. The van der Waals surface area contributed by atoms with Crippen LogP contribution in [0.5, 0.6) is 0 Å². The van der Waals surface area contributed by atoms with Crippen molar-refractivity contribution in [2.75, 3.05) is 18.0 Å². The lowest BCUT2D eigenvalue weighted by Gasteiger charge is -2.28. The zero-order chi connectivity index (χ0) is 14.7. The fourth-order valence-electron chi connectivity index (χ4n) is 2.60. The summed E-state index contributed by atoms with van der Waals surface area (Å²) in [5.41, 5.74) is 8.54. The Bertz CT molecular complexity index is 478. The van der Waals surface area contributed by atoms with E-state index in [4.69, 9.17) is 5.73 Å². The molecular formula is C16H26ClN3O. The van der Waals surface area contributed by atoms with Gasteiger partial charge in [0.15, 0.2) is 0 Å². The van der Waals surface area contributed by atoms with Gasteiger partial charge < -0.3 is 16.0 Å². The van der Waals surface area contributed by atoms with E-state index in [9.17, 15) is 4.79 Å². The average molecular weight is 312 g/mol. The van der Waals surface area contributed by atoms with Gasteiger partial charge in [-0.15, -0.1) is 12.4 Å². The topological polar surface area (TPSA) is 58.4 Å². The first-order chi connectivity index (χ1) is 9.50. The van der Waals surface area contributed by atoms with E-state index < -0.39 is 6.04 Å². The van der Waals surface area contributed by atoms with E-state index in [1.807, 2.05) is 13.8 Å². The van der Waals surface area contributed by atoms with Crippen molar-refractivity contribution in [2.24, 2.45) is 11.7 Å². The van der Waals surface area contributed by atoms with Crippen LogP contribution in [0.2, 0.25) is 0 Å². The van der Waals surface area contributed by atoms with Crippen LogP contribution >= 0.6 is 12.4 Å². The highest BCUT2D eigenvalue weighted by Crippen LogP contribution is 2.28. The zero-order valence-corrected chi connectivity index (χ0v) is 13.8. The van der Waals surface area contributed by atoms with Crippen LogP contribution < -0.4 is 16.0 Å². The first-order valence-electron chi connectivity index (χ1n) is 7.38. The van der Waals surface area contributed by atoms with Crippen molar-refractivity contribution < 1.29 is 4.79 Å². The third kappa shape index (κ3) is 4.11. The Morgan fingerprint density at radius 2 is 2.00 bits per heavy atom. The molecule has 1 unspecified atom stereocenters. The monoisotopic (exact) mass is 311 g/mol. The SMILES string of the molecule is CC(C)[C@H](N)C(=O)NCC(C)N1CCc2ccccc21.Cl. The normalized spacial score (nSPS) is 16.1.